The normalized spacial score (nSPS) is 23.1. The Kier molecular flexibility index (Phi) is 7.98. The van der Waals surface area contributed by atoms with Crippen molar-refractivity contribution in [1.82, 2.24) is 20.2 Å². The Hall–Kier alpha value is -1.97. The van der Waals surface area contributed by atoms with Crippen molar-refractivity contribution in [2.24, 2.45) is 0 Å². The van der Waals surface area contributed by atoms with E-state index in [0.717, 1.165) is 55.8 Å². The Morgan fingerprint density at radius 1 is 1.11 bits per heavy atom. The van der Waals surface area contributed by atoms with Crippen LogP contribution in [0, 0.1) is 6.92 Å². The highest BCUT2D eigenvalue weighted by atomic mass is 35.5. The zero-order valence-electron chi connectivity index (χ0n) is 20.7. The van der Waals surface area contributed by atoms with Crippen molar-refractivity contribution in [1.29, 1.82) is 0 Å². The van der Waals surface area contributed by atoms with Crippen molar-refractivity contribution in [2.75, 3.05) is 38.7 Å². The summed E-state index contributed by atoms with van der Waals surface area (Å²) < 4.78 is 11.1. The average Bonchev–Trinajstić information content (AvgIpc) is 3.73. The highest BCUT2D eigenvalue weighted by Gasteiger charge is 2.33. The van der Waals surface area contributed by atoms with E-state index in [2.05, 4.69) is 10.6 Å². The number of likely N-dealkylation sites (tertiary alicyclic amines) is 1. The van der Waals surface area contributed by atoms with E-state index >= 15 is 0 Å². The third kappa shape index (κ3) is 5.78. The molecule has 2 atom stereocenters. The summed E-state index contributed by atoms with van der Waals surface area (Å²) in [6.07, 6.45) is 4.91. The first-order chi connectivity index (χ1) is 17.4. The summed E-state index contributed by atoms with van der Waals surface area (Å²) in [4.78, 5) is 25.1. The van der Waals surface area contributed by atoms with Gasteiger partial charge in [0, 0.05) is 56.1 Å². The second kappa shape index (κ2) is 11.2. The second-order valence-corrected chi connectivity index (χ2v) is 10.7. The summed E-state index contributed by atoms with van der Waals surface area (Å²) in [5.74, 6) is 1.64. The minimum absolute atomic E-state index is 0.0340. The van der Waals surface area contributed by atoms with Gasteiger partial charge >= 0.3 is 0 Å². The third-order valence-electron chi connectivity index (χ3n) is 7.33. The smallest absolute Gasteiger partial charge is 0.272 e. The van der Waals surface area contributed by atoms with Gasteiger partial charge in [0.25, 0.3) is 5.91 Å². The maximum atomic E-state index is 13.6. The fraction of sp³-hybridized carbons (Fsp3) is 0.577. The first-order valence-corrected chi connectivity index (χ1v) is 13.4. The number of hydrogen-bond donors (Lipinski definition) is 2. The number of carbonyl (C=O) groups excluding carboxylic acids is 1. The molecular formula is C26H33Cl2N5O3. The lowest BCUT2D eigenvalue weighted by molar-refractivity contribution is -0.0533. The molecule has 10 heteroatoms. The number of piperidine rings is 1. The quantitative estimate of drug-likeness (QED) is 0.532. The van der Waals surface area contributed by atoms with Gasteiger partial charge in [0.15, 0.2) is 0 Å². The van der Waals surface area contributed by atoms with E-state index in [-0.39, 0.29) is 18.1 Å². The van der Waals surface area contributed by atoms with Crippen LogP contribution in [0.2, 0.25) is 10.0 Å². The van der Waals surface area contributed by atoms with Crippen molar-refractivity contribution < 1.29 is 14.3 Å². The Morgan fingerprint density at radius 2 is 1.89 bits per heavy atom. The Balaban J connectivity index is 1.28. The number of benzene rings is 1. The summed E-state index contributed by atoms with van der Waals surface area (Å²) >= 11 is 12.3. The lowest BCUT2D eigenvalue weighted by Gasteiger charge is -2.38. The molecule has 0 spiro atoms. The number of hydrogen-bond acceptors (Lipinski definition) is 7. The van der Waals surface area contributed by atoms with Gasteiger partial charge in [-0.15, -0.1) is 0 Å². The molecule has 194 valence electrons. The van der Waals surface area contributed by atoms with Crippen LogP contribution in [0.3, 0.4) is 0 Å². The highest BCUT2D eigenvalue weighted by molar-refractivity contribution is 6.42. The zero-order valence-corrected chi connectivity index (χ0v) is 22.2. The first-order valence-electron chi connectivity index (χ1n) is 12.7. The number of nitrogens with zero attached hydrogens (tertiary/aromatic N) is 3. The van der Waals surface area contributed by atoms with Crippen LogP contribution in [-0.4, -0.2) is 72.4 Å². The Bertz CT molecular complexity index is 1110. The van der Waals surface area contributed by atoms with Crippen molar-refractivity contribution >= 4 is 40.6 Å². The van der Waals surface area contributed by atoms with Crippen LogP contribution in [0.25, 0.3) is 0 Å². The number of halogens is 2. The first kappa shape index (κ1) is 25.7. The fourth-order valence-corrected chi connectivity index (χ4v) is 5.23. The monoisotopic (exact) mass is 533 g/mol. The lowest BCUT2D eigenvalue weighted by atomic mass is 9.99. The molecule has 2 aliphatic heterocycles. The van der Waals surface area contributed by atoms with Crippen LogP contribution in [0.15, 0.2) is 18.2 Å². The van der Waals surface area contributed by atoms with Gasteiger partial charge in [-0.1, -0.05) is 23.2 Å². The van der Waals surface area contributed by atoms with Gasteiger partial charge in [-0.2, -0.15) is 0 Å². The maximum absolute atomic E-state index is 13.6. The lowest BCUT2D eigenvalue weighted by Crippen LogP contribution is -2.54. The standard InChI is InChI=1S/C26H33Cl2N5O3/c1-15-23(26(34)33-10-7-17(8-11-33)29-21-9-12-36-14-22(21)35-2)31-25(16-3-4-16)32-24(15)30-18-5-6-19(27)20(28)13-18/h5-6,13,16-17,21-22,29H,3-4,7-12,14H2,1-2H3,(H,30,31,32). The van der Waals surface area contributed by atoms with Gasteiger partial charge in [-0.3, -0.25) is 4.79 Å². The van der Waals surface area contributed by atoms with E-state index in [9.17, 15) is 4.79 Å². The predicted octanol–water partition coefficient (Wildman–Crippen LogP) is 4.71. The number of amides is 1. The number of ether oxygens (including phenoxy) is 2. The SMILES string of the molecule is COC1COCCC1NC1CCN(C(=O)c2nc(C3CC3)nc(Nc3ccc(Cl)c(Cl)c3)c2C)CC1. The van der Waals surface area contributed by atoms with Gasteiger partial charge in [0.1, 0.15) is 17.3 Å². The number of rotatable bonds is 7. The molecule has 3 fully saturated rings. The molecular weight excluding hydrogens is 501 g/mol. The molecule has 0 radical (unpaired) electrons. The molecule has 0 bridgehead atoms. The van der Waals surface area contributed by atoms with E-state index in [0.29, 0.717) is 53.2 Å². The van der Waals surface area contributed by atoms with E-state index in [1.165, 1.54) is 0 Å². The van der Waals surface area contributed by atoms with Crippen molar-refractivity contribution in [3.63, 3.8) is 0 Å². The molecule has 1 saturated carbocycles. The molecule has 1 amide bonds. The number of nitrogens with one attached hydrogen (secondary N) is 2. The maximum Gasteiger partial charge on any atom is 0.272 e. The van der Waals surface area contributed by atoms with Gasteiger partial charge in [0.05, 0.1) is 22.8 Å². The topological polar surface area (TPSA) is 88.6 Å². The Morgan fingerprint density at radius 3 is 2.58 bits per heavy atom. The van der Waals surface area contributed by atoms with E-state index in [4.69, 9.17) is 42.6 Å². The minimum atomic E-state index is -0.0340. The molecule has 8 nitrogen and oxygen atoms in total. The number of aromatic nitrogens is 2. The zero-order chi connectivity index (χ0) is 25.2. The van der Waals surface area contributed by atoms with E-state index in [1.807, 2.05) is 17.9 Å². The van der Waals surface area contributed by atoms with Crippen LogP contribution < -0.4 is 10.6 Å². The molecule has 3 aliphatic rings. The number of carbonyl (C=O) groups is 1. The number of anilines is 2. The second-order valence-electron chi connectivity index (χ2n) is 9.91. The Labute approximate surface area is 222 Å². The van der Waals surface area contributed by atoms with Crippen LogP contribution in [0.1, 0.15) is 59.9 Å². The highest BCUT2D eigenvalue weighted by Crippen LogP contribution is 2.39. The van der Waals surface area contributed by atoms with Crippen molar-refractivity contribution in [3.8, 4) is 0 Å². The fourth-order valence-electron chi connectivity index (χ4n) is 4.94. The van der Waals surface area contributed by atoms with Crippen molar-refractivity contribution in [3.05, 3.63) is 45.3 Å². The molecule has 36 heavy (non-hydrogen) atoms. The average molecular weight is 534 g/mol. The summed E-state index contributed by atoms with van der Waals surface area (Å²) in [7, 11) is 1.74. The molecule has 2 unspecified atom stereocenters. The summed E-state index contributed by atoms with van der Waals surface area (Å²) in [6, 6.07) is 5.99. The molecule has 1 aliphatic carbocycles. The van der Waals surface area contributed by atoms with E-state index in [1.54, 1.807) is 19.2 Å². The summed E-state index contributed by atoms with van der Waals surface area (Å²) in [6.45, 7) is 4.66. The molecule has 2 saturated heterocycles. The molecule has 2 aromatic rings. The largest absolute Gasteiger partial charge is 0.379 e. The predicted molar refractivity (Wildman–Crippen MR) is 141 cm³/mol. The molecule has 1 aromatic heterocycles. The molecule has 2 N–H and O–H groups in total. The molecule has 5 rings (SSSR count). The minimum Gasteiger partial charge on any atom is -0.379 e. The van der Waals surface area contributed by atoms with Gasteiger partial charge < -0.3 is 25.0 Å². The van der Waals surface area contributed by atoms with Crippen LogP contribution in [0.5, 0.6) is 0 Å². The summed E-state index contributed by atoms with van der Waals surface area (Å²) in [5.41, 5.74) is 1.98. The van der Waals surface area contributed by atoms with Crippen molar-refractivity contribution in [2.45, 2.75) is 63.1 Å². The number of methoxy groups -OCH3 is 1. The van der Waals surface area contributed by atoms with Crippen LogP contribution in [0.4, 0.5) is 11.5 Å². The van der Waals surface area contributed by atoms with Gasteiger partial charge in [0.2, 0.25) is 0 Å². The van der Waals surface area contributed by atoms with Gasteiger partial charge in [-0.25, -0.2) is 9.97 Å². The molecule has 1 aromatic carbocycles. The van der Waals surface area contributed by atoms with E-state index < -0.39 is 0 Å². The van der Waals surface area contributed by atoms with Crippen LogP contribution >= 0.6 is 23.2 Å². The molecule has 3 heterocycles. The third-order valence-corrected chi connectivity index (χ3v) is 8.07. The van der Waals surface area contributed by atoms with Gasteiger partial charge in [-0.05, 0) is 57.2 Å². The van der Waals surface area contributed by atoms with Crippen LogP contribution in [-0.2, 0) is 9.47 Å². The summed E-state index contributed by atoms with van der Waals surface area (Å²) in [5, 5.41) is 8.02.